The first kappa shape index (κ1) is 29.9. The van der Waals surface area contributed by atoms with Gasteiger partial charge in [-0.15, -0.1) is 0 Å². The number of rotatable bonds is 8. The summed E-state index contributed by atoms with van der Waals surface area (Å²) < 4.78 is 46.7. The van der Waals surface area contributed by atoms with Crippen molar-refractivity contribution in [2.75, 3.05) is 29.5 Å². The first-order chi connectivity index (χ1) is 20.0. The minimum Gasteiger partial charge on any atom is -0.465 e. The van der Waals surface area contributed by atoms with E-state index in [0.717, 1.165) is 65.0 Å². The molecule has 222 valence electrons. The number of anilines is 2. The molecule has 1 aromatic heterocycles. The molecular weight excluding hydrogens is 591 g/mol. The average molecular weight is 620 g/mol. The van der Waals surface area contributed by atoms with Gasteiger partial charge in [-0.1, -0.05) is 41.3 Å². The lowest BCUT2D eigenvalue weighted by Crippen LogP contribution is -2.32. The van der Waals surface area contributed by atoms with E-state index in [1.807, 2.05) is 38.1 Å². The quantitative estimate of drug-likeness (QED) is 0.255. The molecule has 2 aliphatic heterocycles. The summed E-state index contributed by atoms with van der Waals surface area (Å²) in [6.45, 7) is 7.02. The standard InChI is InChI=1S/C29H28F3N3O5S2/c1-4-33(5-2)18-12-10-16(11-13-18)21-22-23(41-27-24(21)42-28(39)34(27)15-20(36)40-6-3)26(38)35(25(22)37)19-9-7-8-17(14-19)29(30,31)32/h7-14,21-23H,4-6,15H2,1-3H3/t21-,22-,23+/m0/s1. The molecule has 1 fully saturated rings. The molecule has 0 N–H and O–H groups in total. The lowest BCUT2D eigenvalue weighted by molar-refractivity contribution is -0.144. The van der Waals surface area contributed by atoms with Crippen molar-refractivity contribution in [3.05, 3.63) is 74.2 Å². The van der Waals surface area contributed by atoms with Crippen LogP contribution in [0.5, 0.6) is 0 Å². The van der Waals surface area contributed by atoms with E-state index in [1.165, 1.54) is 10.6 Å². The first-order valence-electron chi connectivity index (χ1n) is 13.5. The highest BCUT2D eigenvalue weighted by atomic mass is 32.2. The SMILES string of the molecule is CCOC(=O)Cn1c2c(sc1=O)[C@@H](c1ccc(N(CC)CC)cc1)[C@@H]1C(=O)N(c3cccc(C(F)(F)F)c3)C(=O)[C@@H]1S2. The van der Waals surface area contributed by atoms with Crippen LogP contribution in [0.25, 0.3) is 0 Å². The number of carbonyl (C=O) groups is 3. The van der Waals surface area contributed by atoms with Crippen molar-refractivity contribution in [3.63, 3.8) is 0 Å². The van der Waals surface area contributed by atoms with Crippen molar-refractivity contribution in [1.82, 2.24) is 4.57 Å². The van der Waals surface area contributed by atoms with Crippen LogP contribution >= 0.6 is 23.1 Å². The lowest BCUT2D eigenvalue weighted by Gasteiger charge is -2.31. The molecule has 1 saturated heterocycles. The molecule has 8 nitrogen and oxygen atoms in total. The molecule has 0 radical (unpaired) electrons. The van der Waals surface area contributed by atoms with Gasteiger partial charge in [-0.05, 0) is 56.7 Å². The summed E-state index contributed by atoms with van der Waals surface area (Å²) >= 11 is 1.88. The number of ether oxygens (including phenoxy) is 1. The molecule has 3 atom stereocenters. The summed E-state index contributed by atoms with van der Waals surface area (Å²) in [7, 11) is 0. The van der Waals surface area contributed by atoms with Crippen molar-refractivity contribution >= 4 is 52.3 Å². The fraction of sp³-hybridized carbons (Fsp3) is 0.379. The second kappa shape index (κ2) is 11.6. The van der Waals surface area contributed by atoms with Gasteiger partial charge in [-0.25, -0.2) is 4.90 Å². The molecule has 2 amide bonds. The number of halogens is 3. The zero-order chi connectivity index (χ0) is 30.3. The molecular formula is C29H28F3N3O5S2. The Morgan fingerprint density at radius 1 is 1.00 bits per heavy atom. The Morgan fingerprint density at radius 2 is 1.69 bits per heavy atom. The Hall–Kier alpha value is -3.58. The topological polar surface area (TPSA) is 88.9 Å². The van der Waals surface area contributed by atoms with Gasteiger partial charge in [0.15, 0.2) is 0 Å². The van der Waals surface area contributed by atoms with Crippen LogP contribution in [-0.4, -0.2) is 47.3 Å². The molecule has 2 aliphatic rings. The van der Waals surface area contributed by atoms with E-state index in [9.17, 15) is 32.3 Å². The second-order valence-corrected chi connectivity index (χ2v) is 11.9. The third-order valence-corrected chi connectivity index (χ3v) is 10.1. The van der Waals surface area contributed by atoms with E-state index in [1.54, 1.807) is 6.92 Å². The van der Waals surface area contributed by atoms with Crippen molar-refractivity contribution in [3.8, 4) is 0 Å². The molecule has 5 rings (SSSR count). The number of imide groups is 1. The maximum Gasteiger partial charge on any atom is 0.416 e. The summed E-state index contributed by atoms with van der Waals surface area (Å²) in [6.07, 6.45) is -4.66. The van der Waals surface area contributed by atoms with Crippen molar-refractivity contribution < 1.29 is 32.3 Å². The number of hydrogen-bond donors (Lipinski definition) is 0. The fourth-order valence-corrected chi connectivity index (χ4v) is 8.28. The largest absolute Gasteiger partial charge is 0.465 e. The Morgan fingerprint density at radius 3 is 2.31 bits per heavy atom. The molecule has 0 spiro atoms. The van der Waals surface area contributed by atoms with Gasteiger partial charge in [0.2, 0.25) is 11.8 Å². The minimum atomic E-state index is -4.66. The highest BCUT2D eigenvalue weighted by molar-refractivity contribution is 8.00. The predicted molar refractivity (Wildman–Crippen MR) is 154 cm³/mol. The minimum absolute atomic E-state index is 0.123. The van der Waals surface area contributed by atoms with Crippen LogP contribution in [0.2, 0.25) is 0 Å². The smallest absolute Gasteiger partial charge is 0.416 e. The van der Waals surface area contributed by atoms with E-state index >= 15 is 0 Å². The molecule has 42 heavy (non-hydrogen) atoms. The summed E-state index contributed by atoms with van der Waals surface area (Å²) in [4.78, 5) is 56.3. The molecule has 13 heteroatoms. The zero-order valence-electron chi connectivity index (χ0n) is 23.0. The van der Waals surface area contributed by atoms with Crippen LogP contribution in [0.3, 0.4) is 0 Å². The van der Waals surface area contributed by atoms with Crippen molar-refractivity contribution in [2.45, 2.75) is 49.7 Å². The Labute approximate surface area is 248 Å². The average Bonchev–Trinajstić information content (AvgIpc) is 3.40. The van der Waals surface area contributed by atoms with Crippen LogP contribution in [0, 0.1) is 5.92 Å². The van der Waals surface area contributed by atoms with E-state index in [4.69, 9.17) is 4.74 Å². The number of nitrogens with zero attached hydrogens (tertiary/aromatic N) is 3. The number of benzene rings is 2. The second-order valence-electron chi connectivity index (χ2n) is 9.79. The van der Waals surface area contributed by atoms with E-state index in [2.05, 4.69) is 4.90 Å². The Bertz CT molecular complexity index is 1580. The molecule has 0 bridgehead atoms. The summed E-state index contributed by atoms with van der Waals surface area (Å²) in [5.74, 6) is -3.64. The van der Waals surface area contributed by atoms with Gasteiger partial charge < -0.3 is 9.64 Å². The van der Waals surface area contributed by atoms with Crippen LogP contribution in [0.15, 0.2) is 58.4 Å². The van der Waals surface area contributed by atoms with Gasteiger partial charge in [0.05, 0.1) is 28.8 Å². The molecule has 3 aromatic rings. The number of amides is 2. The Kier molecular flexibility index (Phi) is 8.26. The number of fused-ring (bicyclic) bond motifs is 2. The third kappa shape index (κ3) is 5.24. The normalized spacial score (nSPS) is 20.0. The van der Waals surface area contributed by atoms with Crippen LogP contribution in [0.4, 0.5) is 24.5 Å². The van der Waals surface area contributed by atoms with Crippen LogP contribution in [0.1, 0.15) is 42.7 Å². The van der Waals surface area contributed by atoms with Gasteiger partial charge in [-0.2, -0.15) is 13.2 Å². The highest BCUT2D eigenvalue weighted by Crippen LogP contribution is 2.54. The van der Waals surface area contributed by atoms with Crippen molar-refractivity contribution in [2.24, 2.45) is 5.92 Å². The summed E-state index contributed by atoms with van der Waals surface area (Å²) in [5, 5.41) is -0.640. The maximum absolute atomic E-state index is 14.0. The number of thiazole rings is 1. The molecule has 0 unspecified atom stereocenters. The predicted octanol–water partition coefficient (Wildman–Crippen LogP) is 5.13. The molecule has 2 aromatic carbocycles. The van der Waals surface area contributed by atoms with Crippen molar-refractivity contribution in [1.29, 1.82) is 0 Å². The van der Waals surface area contributed by atoms with Gasteiger partial charge in [0.25, 0.3) is 0 Å². The highest BCUT2D eigenvalue weighted by Gasteiger charge is 2.57. The van der Waals surface area contributed by atoms with Gasteiger partial charge >= 0.3 is 17.0 Å². The van der Waals surface area contributed by atoms with Gasteiger partial charge in [-0.3, -0.25) is 23.7 Å². The molecule has 0 aliphatic carbocycles. The van der Waals surface area contributed by atoms with Gasteiger partial charge in [0, 0.05) is 29.6 Å². The number of aromatic nitrogens is 1. The van der Waals surface area contributed by atoms with Crippen LogP contribution < -0.4 is 14.7 Å². The Balaban J connectivity index is 1.62. The van der Waals surface area contributed by atoms with E-state index in [-0.39, 0.29) is 18.8 Å². The number of hydrogen-bond acceptors (Lipinski definition) is 8. The van der Waals surface area contributed by atoms with E-state index < -0.39 is 51.5 Å². The number of carbonyl (C=O) groups excluding carboxylic acids is 3. The number of esters is 1. The molecule has 3 heterocycles. The maximum atomic E-state index is 14.0. The van der Waals surface area contributed by atoms with Crippen LogP contribution in [-0.2, 0) is 31.8 Å². The fourth-order valence-electron chi connectivity index (χ4n) is 5.51. The third-order valence-electron chi connectivity index (χ3n) is 7.45. The van der Waals surface area contributed by atoms with Gasteiger partial charge in [0.1, 0.15) is 11.8 Å². The molecule has 0 saturated carbocycles. The summed E-state index contributed by atoms with van der Waals surface area (Å²) in [6, 6.07) is 11.6. The monoisotopic (exact) mass is 619 g/mol. The first-order valence-corrected chi connectivity index (χ1v) is 15.1. The lowest BCUT2D eigenvalue weighted by atomic mass is 9.83. The summed E-state index contributed by atoms with van der Waals surface area (Å²) in [5.41, 5.74) is 0.490. The number of thioether (sulfide) groups is 1. The van der Waals surface area contributed by atoms with E-state index in [0.29, 0.717) is 15.5 Å². The number of alkyl halides is 3. The zero-order valence-corrected chi connectivity index (χ0v) is 24.6.